The van der Waals surface area contributed by atoms with Gasteiger partial charge in [0.2, 0.25) is 6.08 Å². The van der Waals surface area contributed by atoms with E-state index in [0.29, 0.717) is 0 Å². The summed E-state index contributed by atoms with van der Waals surface area (Å²) in [5, 5.41) is 0. The molecule has 0 N–H and O–H groups in total. The fourth-order valence-electron chi connectivity index (χ4n) is 0.240. The Morgan fingerprint density at radius 3 is 2.42 bits per heavy atom. The van der Waals surface area contributed by atoms with Gasteiger partial charge in [-0.25, -0.2) is 9.59 Å². The molecule has 0 aromatic carbocycles. The van der Waals surface area contributed by atoms with Crippen LogP contribution in [0.15, 0.2) is 17.1 Å². The Morgan fingerprint density at radius 1 is 1.58 bits per heavy atom. The van der Waals surface area contributed by atoms with E-state index in [1.54, 1.807) is 0 Å². The Hall–Kier alpha value is -1.41. The Morgan fingerprint density at radius 2 is 2.08 bits per heavy atom. The summed E-state index contributed by atoms with van der Waals surface area (Å²) >= 11 is 0. The molecular formula is C8H15NO3. The van der Waals surface area contributed by atoms with Crippen LogP contribution in [0.25, 0.3) is 0 Å². The normalized spacial score (nSPS) is 6.42. The minimum Gasteiger partial charge on any atom is -0.438 e. The Bertz CT molecular complexity index is 192. The second kappa shape index (κ2) is 9.59. The topological polar surface area (TPSA) is 55.7 Å². The number of nitrogens with zero attached hydrogens (tertiary/aromatic N) is 1. The van der Waals surface area contributed by atoms with Gasteiger partial charge in [0.15, 0.2) is 6.73 Å². The van der Waals surface area contributed by atoms with Crippen molar-refractivity contribution in [1.29, 1.82) is 0 Å². The molecule has 70 valence electrons. The molecule has 0 spiro atoms. The third kappa shape index (κ3) is 8.59. The highest BCUT2D eigenvalue weighted by Crippen LogP contribution is 1.90. The van der Waals surface area contributed by atoms with Gasteiger partial charge in [-0.15, -0.1) is 0 Å². The van der Waals surface area contributed by atoms with Gasteiger partial charge in [0, 0.05) is 5.57 Å². The third-order valence-electron chi connectivity index (χ3n) is 0.673. The first-order valence-electron chi connectivity index (χ1n) is 2.54. The van der Waals surface area contributed by atoms with Gasteiger partial charge in [0.25, 0.3) is 0 Å². The summed E-state index contributed by atoms with van der Waals surface area (Å²) in [5.74, 6) is -0.556. The third-order valence-corrected chi connectivity index (χ3v) is 0.673. The van der Waals surface area contributed by atoms with Crippen LogP contribution >= 0.6 is 0 Å². The molecule has 0 aliphatic heterocycles. The molecule has 0 saturated heterocycles. The molecule has 0 aliphatic rings. The van der Waals surface area contributed by atoms with Gasteiger partial charge in [-0.2, -0.15) is 4.99 Å². The van der Waals surface area contributed by atoms with E-state index in [2.05, 4.69) is 16.3 Å². The van der Waals surface area contributed by atoms with Crippen LogP contribution in [0.5, 0.6) is 0 Å². The zero-order valence-electron chi connectivity index (χ0n) is 5.59. The monoisotopic (exact) mass is 173 g/mol. The summed E-state index contributed by atoms with van der Waals surface area (Å²) in [5.41, 5.74) is 0.279. The van der Waals surface area contributed by atoms with Crippen LogP contribution < -0.4 is 0 Å². The lowest BCUT2D eigenvalue weighted by atomic mass is 10.4. The number of carbonyl (C=O) groups is 1. The molecule has 0 aliphatic carbocycles. The molecule has 0 unspecified atom stereocenters. The number of hydrogen-bond donors (Lipinski definition) is 0. The minimum absolute atomic E-state index is 0. The first kappa shape index (κ1) is 16.9. The molecule has 0 heterocycles. The maximum atomic E-state index is 10.5. The standard InChI is InChI=1S/C6H7NO3.2CH4/c1-5(2)6(9)10-4-7-3-8;;/h1,4H2,2H3;2*1H4. The SMILES string of the molecule is C.C.C=C(C)C(=O)OCN=C=O. The van der Waals surface area contributed by atoms with Crippen LogP contribution in [0.4, 0.5) is 0 Å². The highest BCUT2D eigenvalue weighted by Gasteiger charge is 1.99. The van der Waals surface area contributed by atoms with Crippen LogP contribution in [0, 0.1) is 0 Å². The van der Waals surface area contributed by atoms with Crippen LogP contribution in [-0.2, 0) is 14.3 Å². The zero-order valence-corrected chi connectivity index (χ0v) is 5.59. The van der Waals surface area contributed by atoms with E-state index in [9.17, 15) is 9.59 Å². The van der Waals surface area contributed by atoms with E-state index in [-0.39, 0.29) is 27.2 Å². The summed E-state index contributed by atoms with van der Waals surface area (Å²) in [6.07, 6.45) is 1.23. The quantitative estimate of drug-likeness (QED) is 0.282. The molecule has 0 bridgehead atoms. The van der Waals surface area contributed by atoms with Gasteiger partial charge < -0.3 is 4.74 Å². The lowest BCUT2D eigenvalue weighted by molar-refractivity contribution is -0.138. The van der Waals surface area contributed by atoms with Crippen molar-refractivity contribution in [2.75, 3.05) is 6.73 Å². The summed E-state index contributed by atoms with van der Waals surface area (Å²) in [4.78, 5) is 23.0. The Labute approximate surface area is 72.9 Å². The van der Waals surface area contributed by atoms with E-state index < -0.39 is 5.97 Å². The largest absolute Gasteiger partial charge is 0.438 e. The molecule has 0 amide bonds. The maximum absolute atomic E-state index is 10.5. The number of esters is 1. The lowest BCUT2D eigenvalue weighted by Crippen LogP contribution is -2.04. The van der Waals surface area contributed by atoms with Gasteiger partial charge in [0.1, 0.15) is 0 Å². The van der Waals surface area contributed by atoms with Crippen molar-refractivity contribution in [1.82, 2.24) is 0 Å². The van der Waals surface area contributed by atoms with Crippen LogP contribution in [-0.4, -0.2) is 18.8 Å². The van der Waals surface area contributed by atoms with Crippen LogP contribution in [0.2, 0.25) is 0 Å². The average Bonchev–Trinajstić information content (AvgIpc) is 1.88. The smallest absolute Gasteiger partial charge is 0.334 e. The lowest BCUT2D eigenvalue weighted by Gasteiger charge is -1.96. The molecule has 0 atom stereocenters. The molecule has 0 aromatic heterocycles. The van der Waals surface area contributed by atoms with Crippen molar-refractivity contribution in [3.05, 3.63) is 12.2 Å². The van der Waals surface area contributed by atoms with E-state index >= 15 is 0 Å². The molecule has 0 aromatic rings. The van der Waals surface area contributed by atoms with E-state index in [0.717, 1.165) is 0 Å². The van der Waals surface area contributed by atoms with Gasteiger partial charge in [-0.3, -0.25) is 0 Å². The Balaban J connectivity index is -0.000000405. The van der Waals surface area contributed by atoms with Crippen LogP contribution in [0.3, 0.4) is 0 Å². The fourth-order valence-corrected chi connectivity index (χ4v) is 0.240. The molecular weight excluding hydrogens is 158 g/mol. The molecule has 0 radical (unpaired) electrons. The van der Waals surface area contributed by atoms with Crippen molar-refractivity contribution >= 4 is 12.0 Å². The predicted molar refractivity (Wildman–Crippen MR) is 47.4 cm³/mol. The van der Waals surface area contributed by atoms with E-state index in [1.807, 2.05) is 0 Å². The minimum atomic E-state index is -0.556. The number of rotatable bonds is 3. The molecule has 12 heavy (non-hydrogen) atoms. The summed E-state index contributed by atoms with van der Waals surface area (Å²) in [7, 11) is 0. The highest BCUT2D eigenvalue weighted by atomic mass is 16.5. The maximum Gasteiger partial charge on any atom is 0.334 e. The van der Waals surface area contributed by atoms with Gasteiger partial charge in [0.05, 0.1) is 0 Å². The van der Waals surface area contributed by atoms with Crippen molar-refractivity contribution < 1.29 is 14.3 Å². The number of ether oxygens (including phenoxy) is 1. The van der Waals surface area contributed by atoms with Crippen LogP contribution in [0.1, 0.15) is 21.8 Å². The molecule has 0 fully saturated rings. The zero-order chi connectivity index (χ0) is 7.98. The van der Waals surface area contributed by atoms with Crippen molar-refractivity contribution in [3.8, 4) is 0 Å². The van der Waals surface area contributed by atoms with Gasteiger partial charge >= 0.3 is 5.97 Å². The summed E-state index contributed by atoms with van der Waals surface area (Å²) in [6.45, 7) is 4.54. The second-order valence-corrected chi connectivity index (χ2v) is 1.59. The molecule has 0 saturated carbocycles. The number of carbonyl (C=O) groups excluding carboxylic acids is 2. The molecule has 0 rings (SSSR count). The second-order valence-electron chi connectivity index (χ2n) is 1.59. The average molecular weight is 173 g/mol. The summed E-state index contributed by atoms with van der Waals surface area (Å²) in [6, 6.07) is 0. The number of aliphatic imine (C=N–C) groups is 1. The first-order chi connectivity index (χ1) is 4.68. The predicted octanol–water partition coefficient (Wildman–Crippen LogP) is 1.67. The van der Waals surface area contributed by atoms with E-state index in [1.165, 1.54) is 13.0 Å². The summed E-state index contributed by atoms with van der Waals surface area (Å²) < 4.78 is 4.38. The first-order valence-corrected chi connectivity index (χ1v) is 2.54. The highest BCUT2D eigenvalue weighted by molar-refractivity contribution is 5.86. The molecule has 4 heteroatoms. The van der Waals surface area contributed by atoms with E-state index in [4.69, 9.17) is 0 Å². The fraction of sp³-hybridized carbons (Fsp3) is 0.500. The van der Waals surface area contributed by atoms with Gasteiger partial charge in [-0.1, -0.05) is 21.4 Å². The van der Waals surface area contributed by atoms with Crippen molar-refractivity contribution in [2.24, 2.45) is 4.99 Å². The number of isocyanates is 1. The van der Waals surface area contributed by atoms with Gasteiger partial charge in [-0.05, 0) is 6.92 Å². The van der Waals surface area contributed by atoms with Crippen molar-refractivity contribution in [3.63, 3.8) is 0 Å². The molecule has 4 nitrogen and oxygen atoms in total. The Kier molecular flexibility index (Phi) is 13.5. The number of hydrogen-bond acceptors (Lipinski definition) is 4. The van der Waals surface area contributed by atoms with Crippen molar-refractivity contribution in [2.45, 2.75) is 21.8 Å².